The van der Waals surface area contributed by atoms with Gasteiger partial charge in [-0.3, -0.25) is 10.3 Å². The Morgan fingerprint density at radius 3 is 2.64 bits per heavy atom. The van der Waals surface area contributed by atoms with Gasteiger partial charge in [0.2, 0.25) is 5.96 Å². The van der Waals surface area contributed by atoms with E-state index in [0.29, 0.717) is 17.5 Å². The van der Waals surface area contributed by atoms with Crippen molar-refractivity contribution < 1.29 is 0 Å². The van der Waals surface area contributed by atoms with Crippen molar-refractivity contribution in [2.45, 2.75) is 19.3 Å². The van der Waals surface area contributed by atoms with Crippen LogP contribution >= 0.6 is 0 Å². The van der Waals surface area contributed by atoms with Crippen LogP contribution in [0.4, 0.5) is 17.2 Å². The molecule has 0 aliphatic carbocycles. The molecular weight excluding hydrogens is 414 g/mol. The van der Waals surface area contributed by atoms with E-state index in [1.165, 1.54) is 19.3 Å². The minimum absolute atomic E-state index is 0.315. The predicted octanol–water partition coefficient (Wildman–Crippen LogP) is 3.95. The summed E-state index contributed by atoms with van der Waals surface area (Å²) < 4.78 is 1.89. The van der Waals surface area contributed by atoms with Crippen molar-refractivity contribution in [1.29, 1.82) is 5.26 Å². The zero-order valence-electron chi connectivity index (χ0n) is 18.0. The van der Waals surface area contributed by atoms with Gasteiger partial charge in [-0.2, -0.15) is 5.26 Å². The van der Waals surface area contributed by atoms with Crippen molar-refractivity contribution in [3.63, 3.8) is 0 Å². The minimum Gasteiger partial charge on any atom is -0.355 e. The van der Waals surface area contributed by atoms with E-state index in [2.05, 4.69) is 31.6 Å². The lowest BCUT2D eigenvalue weighted by Crippen LogP contribution is -2.30. The Kier molecular flexibility index (Phi) is 5.80. The van der Waals surface area contributed by atoms with E-state index in [9.17, 15) is 0 Å². The number of rotatable bonds is 4. The van der Waals surface area contributed by atoms with Crippen LogP contribution in [0.1, 0.15) is 19.3 Å². The van der Waals surface area contributed by atoms with Crippen LogP contribution in [-0.4, -0.2) is 38.6 Å². The van der Waals surface area contributed by atoms with Crippen LogP contribution in [0.3, 0.4) is 0 Å². The molecule has 0 amide bonds. The van der Waals surface area contributed by atoms with Gasteiger partial charge in [0.1, 0.15) is 5.52 Å². The van der Waals surface area contributed by atoms with Gasteiger partial charge in [-0.1, -0.05) is 0 Å². The molecule has 1 aromatic carbocycles. The summed E-state index contributed by atoms with van der Waals surface area (Å²) in [7, 11) is 0. The van der Waals surface area contributed by atoms with Crippen molar-refractivity contribution in [2.24, 2.45) is 4.99 Å². The average molecular weight is 438 g/mol. The second kappa shape index (κ2) is 9.36. The topological polar surface area (TPSA) is 107 Å². The van der Waals surface area contributed by atoms with E-state index in [1.807, 2.05) is 53.3 Å². The molecule has 2 N–H and O–H groups in total. The Bertz CT molecular complexity index is 1300. The molecule has 1 aliphatic rings. The van der Waals surface area contributed by atoms with Crippen LogP contribution in [0.5, 0.6) is 0 Å². The first kappa shape index (κ1) is 20.5. The molecule has 164 valence electrons. The molecule has 3 aromatic heterocycles. The quantitative estimate of drug-likeness (QED) is 0.215. The zero-order valence-corrected chi connectivity index (χ0v) is 18.0. The first-order valence-electron chi connectivity index (χ1n) is 10.9. The van der Waals surface area contributed by atoms with Crippen LogP contribution in [0.25, 0.3) is 16.9 Å². The normalized spacial score (nSPS) is 14.2. The largest absolute Gasteiger partial charge is 0.355 e. The lowest BCUT2D eigenvalue weighted by molar-refractivity contribution is 0.573. The second-order valence-corrected chi connectivity index (χ2v) is 7.76. The molecule has 0 bridgehead atoms. The lowest BCUT2D eigenvalue weighted by Gasteiger charge is -2.28. The number of piperidine rings is 1. The number of nitrogens with zero attached hydrogens (tertiary/aromatic N) is 7. The van der Waals surface area contributed by atoms with Crippen LogP contribution in [-0.2, 0) is 0 Å². The average Bonchev–Trinajstić information content (AvgIpc) is 3.34. The number of nitrogens with one attached hydrogen (secondary N) is 2. The Labute approximate surface area is 191 Å². The lowest BCUT2D eigenvalue weighted by atomic mass is 10.1. The van der Waals surface area contributed by atoms with E-state index < -0.39 is 0 Å². The SMILES string of the molecule is N#CNC(=Nc1ccc(-c2nc(N3CCCCC3)c3cccn3n2)cc1)Nc1cccnc1. The fourth-order valence-electron chi connectivity index (χ4n) is 3.91. The van der Waals surface area contributed by atoms with Crippen LogP contribution in [0.2, 0.25) is 0 Å². The van der Waals surface area contributed by atoms with E-state index in [1.54, 1.807) is 18.5 Å². The van der Waals surface area contributed by atoms with Crippen LogP contribution in [0.15, 0.2) is 72.1 Å². The van der Waals surface area contributed by atoms with Crippen molar-refractivity contribution >= 4 is 28.7 Å². The molecule has 33 heavy (non-hydrogen) atoms. The van der Waals surface area contributed by atoms with Gasteiger partial charge < -0.3 is 10.2 Å². The standard InChI is InChI=1S/C24H23N9/c25-17-27-24(29-20-6-4-12-26-16-20)28-19-10-8-18(9-11-19)22-30-23(32-13-2-1-3-14-32)21-7-5-15-33(21)31-22/h4-12,15-16H,1-3,13-14H2,(H2,27,28,29). The minimum atomic E-state index is 0.315. The van der Waals surface area contributed by atoms with Gasteiger partial charge in [-0.25, -0.2) is 14.5 Å². The summed E-state index contributed by atoms with van der Waals surface area (Å²) in [5, 5.41) is 19.4. The zero-order chi connectivity index (χ0) is 22.5. The van der Waals surface area contributed by atoms with E-state index in [4.69, 9.17) is 15.3 Å². The molecule has 4 aromatic rings. The summed E-state index contributed by atoms with van der Waals surface area (Å²) in [6.07, 6.45) is 10.8. The van der Waals surface area contributed by atoms with Gasteiger partial charge in [0, 0.05) is 31.0 Å². The Hall–Kier alpha value is -4.45. The Morgan fingerprint density at radius 2 is 1.88 bits per heavy atom. The van der Waals surface area contributed by atoms with Crippen molar-refractivity contribution in [2.75, 3.05) is 23.3 Å². The molecule has 0 radical (unpaired) electrons. The molecule has 1 aliphatic heterocycles. The smallest absolute Gasteiger partial charge is 0.214 e. The van der Waals surface area contributed by atoms with E-state index in [0.717, 1.165) is 35.7 Å². The third kappa shape index (κ3) is 4.60. The number of hydrogen-bond donors (Lipinski definition) is 2. The summed E-state index contributed by atoms with van der Waals surface area (Å²) in [6.45, 7) is 2.03. The van der Waals surface area contributed by atoms with Crippen LogP contribution in [0, 0.1) is 11.5 Å². The molecule has 0 spiro atoms. The molecule has 0 unspecified atom stereocenters. The highest BCUT2D eigenvalue weighted by Crippen LogP contribution is 2.27. The maximum absolute atomic E-state index is 9.07. The highest BCUT2D eigenvalue weighted by Gasteiger charge is 2.18. The Morgan fingerprint density at radius 1 is 1.03 bits per heavy atom. The molecule has 0 atom stereocenters. The van der Waals surface area contributed by atoms with Gasteiger partial charge >= 0.3 is 0 Å². The molecular formula is C24H23N9. The first-order chi connectivity index (χ1) is 16.3. The third-order valence-corrected chi connectivity index (χ3v) is 5.49. The third-order valence-electron chi connectivity index (χ3n) is 5.49. The summed E-state index contributed by atoms with van der Waals surface area (Å²) >= 11 is 0. The highest BCUT2D eigenvalue weighted by atomic mass is 15.3. The van der Waals surface area contributed by atoms with Gasteiger partial charge in [0.25, 0.3) is 0 Å². The number of anilines is 2. The van der Waals surface area contributed by atoms with E-state index >= 15 is 0 Å². The molecule has 4 heterocycles. The number of hydrogen-bond acceptors (Lipinski definition) is 6. The monoisotopic (exact) mass is 437 g/mol. The highest BCUT2D eigenvalue weighted by molar-refractivity contribution is 5.96. The number of fused-ring (bicyclic) bond motifs is 1. The summed E-state index contributed by atoms with van der Waals surface area (Å²) in [5.74, 6) is 1.96. The summed E-state index contributed by atoms with van der Waals surface area (Å²) in [6, 6.07) is 15.4. The maximum Gasteiger partial charge on any atom is 0.214 e. The summed E-state index contributed by atoms with van der Waals surface area (Å²) in [5.41, 5.74) is 3.34. The maximum atomic E-state index is 9.07. The molecule has 9 nitrogen and oxygen atoms in total. The molecule has 1 fully saturated rings. The van der Waals surface area contributed by atoms with Crippen molar-refractivity contribution in [3.05, 3.63) is 67.1 Å². The fourth-order valence-corrected chi connectivity index (χ4v) is 3.91. The Balaban J connectivity index is 1.43. The van der Waals surface area contributed by atoms with E-state index in [-0.39, 0.29) is 0 Å². The first-order valence-corrected chi connectivity index (χ1v) is 10.9. The molecule has 0 saturated carbocycles. The number of pyridine rings is 1. The molecule has 1 saturated heterocycles. The number of benzene rings is 1. The number of nitriles is 1. The van der Waals surface area contributed by atoms with Gasteiger partial charge in [0.15, 0.2) is 17.8 Å². The van der Waals surface area contributed by atoms with Crippen LogP contribution < -0.4 is 15.5 Å². The number of aliphatic imine (C=N–C) groups is 1. The second-order valence-electron chi connectivity index (χ2n) is 7.76. The molecule has 9 heteroatoms. The van der Waals surface area contributed by atoms with Crippen molar-refractivity contribution in [1.82, 2.24) is 24.9 Å². The number of aromatic nitrogens is 4. The van der Waals surface area contributed by atoms with Crippen molar-refractivity contribution in [3.8, 4) is 17.6 Å². The predicted molar refractivity (Wildman–Crippen MR) is 128 cm³/mol. The fraction of sp³-hybridized carbons (Fsp3) is 0.208. The number of guanidine groups is 1. The summed E-state index contributed by atoms with van der Waals surface area (Å²) in [4.78, 5) is 15.8. The molecule has 5 rings (SSSR count). The van der Waals surface area contributed by atoms with Gasteiger partial charge in [0.05, 0.1) is 17.6 Å². The van der Waals surface area contributed by atoms with Gasteiger partial charge in [-0.15, -0.1) is 5.10 Å². The van der Waals surface area contributed by atoms with Gasteiger partial charge in [-0.05, 0) is 67.8 Å².